The summed E-state index contributed by atoms with van der Waals surface area (Å²) in [6.07, 6.45) is 1.20. The van der Waals surface area contributed by atoms with Gasteiger partial charge in [0.25, 0.3) is 10.6 Å². The van der Waals surface area contributed by atoms with Crippen LogP contribution in [0.3, 0.4) is 0 Å². The number of amides is 1. The van der Waals surface area contributed by atoms with Gasteiger partial charge in [0.05, 0.1) is 16.9 Å². The first-order valence-corrected chi connectivity index (χ1v) is 14.4. The molecule has 1 aliphatic heterocycles. The first-order valence-electron chi connectivity index (χ1n) is 13.0. The molecule has 0 saturated carbocycles. The molecule has 0 bridgehead atoms. The molecule has 226 valence electrons. The maximum Gasteiger partial charge on any atom is 0.407 e. The number of nitrogens with zero attached hydrogens (tertiary/aromatic N) is 3. The van der Waals surface area contributed by atoms with Gasteiger partial charge in [0, 0.05) is 36.1 Å². The quantitative estimate of drug-likeness (QED) is 0.244. The Morgan fingerprint density at radius 1 is 1.20 bits per heavy atom. The Kier molecular flexibility index (Phi) is 9.33. The SMILES string of the molecule is Cc1cn(COC(=O)C(C)(C)CCO[N+](=O)[O-])c(=O)c2cccc(S(=O)(=O)N3CC[C@H](NC(=O)OC(C)(C)C)C3)c12. The number of rotatable bonds is 10. The lowest BCUT2D eigenvalue weighted by Crippen LogP contribution is -2.41. The minimum atomic E-state index is -4.03. The van der Waals surface area contributed by atoms with E-state index in [-0.39, 0.29) is 41.8 Å². The topological polar surface area (TPSA) is 176 Å². The molecule has 0 aliphatic carbocycles. The Morgan fingerprint density at radius 2 is 1.88 bits per heavy atom. The van der Waals surface area contributed by atoms with E-state index in [2.05, 4.69) is 10.2 Å². The van der Waals surface area contributed by atoms with Gasteiger partial charge in [-0.3, -0.25) is 14.2 Å². The smallest absolute Gasteiger partial charge is 0.407 e. The van der Waals surface area contributed by atoms with E-state index in [4.69, 9.17) is 9.47 Å². The molecule has 0 spiro atoms. The van der Waals surface area contributed by atoms with Gasteiger partial charge in [0.2, 0.25) is 10.0 Å². The number of nitrogens with one attached hydrogen (secondary N) is 1. The minimum Gasteiger partial charge on any atom is -0.444 e. The average molecular weight is 597 g/mol. The normalized spacial score (nSPS) is 16.4. The summed E-state index contributed by atoms with van der Waals surface area (Å²) in [5.41, 5.74) is -1.89. The highest BCUT2D eigenvalue weighted by atomic mass is 32.2. The van der Waals surface area contributed by atoms with Crippen LogP contribution in [-0.4, -0.2) is 65.8 Å². The molecule has 1 aromatic heterocycles. The van der Waals surface area contributed by atoms with Crippen molar-refractivity contribution in [2.75, 3.05) is 19.7 Å². The number of aryl methyl sites for hydroxylation is 1. The van der Waals surface area contributed by atoms with Crippen molar-refractivity contribution in [2.45, 2.75) is 77.7 Å². The first-order chi connectivity index (χ1) is 18.9. The van der Waals surface area contributed by atoms with E-state index in [9.17, 15) is 32.9 Å². The third kappa shape index (κ3) is 7.73. The van der Waals surface area contributed by atoms with E-state index in [0.717, 1.165) is 4.57 Å². The maximum absolute atomic E-state index is 13.7. The summed E-state index contributed by atoms with van der Waals surface area (Å²) >= 11 is 0. The fourth-order valence-electron chi connectivity index (χ4n) is 4.42. The first kappa shape index (κ1) is 31.8. The standard InChI is InChI=1S/C26H36N4O10S/c1-17-14-28(16-38-23(32)26(5,6)11-13-39-30(34)35)22(31)19-8-7-9-20(21(17)19)41(36,37)29-12-10-18(15-29)27-24(33)40-25(2,3)4/h7-9,14,18H,10-13,15-16H2,1-6H3,(H,27,33)/t18-/m0/s1. The number of aromatic nitrogens is 1. The number of carbonyl (C=O) groups is 2. The van der Waals surface area contributed by atoms with E-state index in [1.54, 1.807) is 27.7 Å². The molecule has 0 unspecified atom stereocenters. The van der Waals surface area contributed by atoms with Gasteiger partial charge in [-0.1, -0.05) is 6.07 Å². The molecule has 1 atom stereocenters. The van der Waals surface area contributed by atoms with Crippen LogP contribution in [-0.2, 0) is 35.9 Å². The number of esters is 1. The van der Waals surface area contributed by atoms with Gasteiger partial charge < -0.3 is 19.6 Å². The summed E-state index contributed by atoms with van der Waals surface area (Å²) in [5.74, 6) is -0.686. The molecule has 14 nitrogen and oxygen atoms in total. The molecule has 1 fully saturated rings. The van der Waals surface area contributed by atoms with Crippen LogP contribution in [0.15, 0.2) is 34.1 Å². The number of hydrogen-bond donors (Lipinski definition) is 1. The summed E-state index contributed by atoms with van der Waals surface area (Å²) in [7, 11) is -4.03. The van der Waals surface area contributed by atoms with Crippen LogP contribution >= 0.6 is 0 Å². The molecule has 2 aromatic rings. The van der Waals surface area contributed by atoms with E-state index < -0.39 is 56.5 Å². The highest BCUT2D eigenvalue weighted by Crippen LogP contribution is 2.29. The Labute approximate surface area is 237 Å². The van der Waals surface area contributed by atoms with Crippen LogP contribution in [0, 0.1) is 22.5 Å². The summed E-state index contributed by atoms with van der Waals surface area (Å²) in [6, 6.07) is 3.96. The van der Waals surface area contributed by atoms with Crippen LogP contribution in [0.2, 0.25) is 0 Å². The van der Waals surface area contributed by atoms with Gasteiger partial charge in [-0.05, 0) is 72.1 Å². The molecule has 15 heteroatoms. The Morgan fingerprint density at radius 3 is 2.51 bits per heavy atom. The van der Waals surface area contributed by atoms with Crippen molar-refractivity contribution in [1.29, 1.82) is 0 Å². The van der Waals surface area contributed by atoms with Crippen molar-refractivity contribution in [1.82, 2.24) is 14.2 Å². The van der Waals surface area contributed by atoms with Gasteiger partial charge in [0.15, 0.2) is 6.73 Å². The monoisotopic (exact) mass is 596 g/mol. The van der Waals surface area contributed by atoms with Crippen molar-refractivity contribution in [3.8, 4) is 0 Å². The van der Waals surface area contributed by atoms with E-state index in [0.29, 0.717) is 12.0 Å². The molecule has 0 radical (unpaired) electrons. The zero-order chi connectivity index (χ0) is 30.8. The zero-order valence-electron chi connectivity index (χ0n) is 24.0. The number of benzene rings is 1. The van der Waals surface area contributed by atoms with Crippen molar-refractivity contribution in [3.05, 3.63) is 50.4 Å². The van der Waals surface area contributed by atoms with Crippen LogP contribution in [0.1, 0.15) is 53.0 Å². The summed E-state index contributed by atoms with van der Waals surface area (Å²) in [4.78, 5) is 52.6. The van der Waals surface area contributed by atoms with Crippen LogP contribution < -0.4 is 10.9 Å². The second kappa shape index (κ2) is 12.0. The van der Waals surface area contributed by atoms with Crippen LogP contribution in [0.25, 0.3) is 10.8 Å². The van der Waals surface area contributed by atoms with Gasteiger partial charge in [-0.2, -0.15) is 4.31 Å². The van der Waals surface area contributed by atoms with E-state index in [1.807, 2.05) is 0 Å². The lowest BCUT2D eigenvalue weighted by Gasteiger charge is -2.23. The van der Waals surface area contributed by atoms with Gasteiger partial charge >= 0.3 is 12.1 Å². The number of alkyl carbamates (subject to hydrolysis) is 1. The second-order valence-corrected chi connectivity index (χ2v) is 13.4. The molecule has 41 heavy (non-hydrogen) atoms. The average Bonchev–Trinajstić information content (AvgIpc) is 3.32. The number of sulfonamides is 1. The minimum absolute atomic E-state index is 0.0182. The Bertz CT molecular complexity index is 1490. The molecule has 3 rings (SSSR count). The number of pyridine rings is 1. The number of hydrogen-bond acceptors (Lipinski definition) is 10. The van der Waals surface area contributed by atoms with Crippen molar-refractivity contribution in [3.63, 3.8) is 0 Å². The van der Waals surface area contributed by atoms with E-state index >= 15 is 0 Å². The maximum atomic E-state index is 13.7. The number of fused-ring (bicyclic) bond motifs is 1. The van der Waals surface area contributed by atoms with Crippen molar-refractivity contribution < 1.29 is 37.4 Å². The third-order valence-electron chi connectivity index (χ3n) is 6.56. The molecule has 1 aromatic carbocycles. The third-order valence-corrected chi connectivity index (χ3v) is 8.47. The predicted molar refractivity (Wildman–Crippen MR) is 147 cm³/mol. The molecule has 1 N–H and O–H groups in total. The zero-order valence-corrected chi connectivity index (χ0v) is 24.8. The second-order valence-electron chi connectivity index (χ2n) is 11.5. The van der Waals surface area contributed by atoms with Gasteiger partial charge in [-0.25, -0.2) is 13.2 Å². The van der Waals surface area contributed by atoms with E-state index in [1.165, 1.54) is 42.5 Å². The lowest BCUT2D eigenvalue weighted by atomic mass is 9.90. The molecule has 1 aliphatic rings. The fourth-order valence-corrected chi connectivity index (χ4v) is 6.20. The largest absolute Gasteiger partial charge is 0.444 e. The molecule has 1 amide bonds. The molecular weight excluding hydrogens is 560 g/mol. The highest BCUT2D eigenvalue weighted by molar-refractivity contribution is 7.89. The lowest BCUT2D eigenvalue weighted by molar-refractivity contribution is -0.758. The van der Waals surface area contributed by atoms with Crippen LogP contribution in [0.4, 0.5) is 4.79 Å². The molecule has 1 saturated heterocycles. The van der Waals surface area contributed by atoms with Crippen molar-refractivity contribution >= 4 is 32.9 Å². The number of ether oxygens (including phenoxy) is 2. The molecule has 2 heterocycles. The fraction of sp³-hybridized carbons (Fsp3) is 0.577. The summed E-state index contributed by atoms with van der Waals surface area (Å²) in [6.45, 7) is 9.42. The molecular formula is C26H36N4O10S. The van der Waals surface area contributed by atoms with Crippen LogP contribution in [0.5, 0.6) is 0 Å². The summed E-state index contributed by atoms with van der Waals surface area (Å²) < 4.78 is 40.3. The number of carbonyl (C=O) groups excluding carboxylic acids is 2. The predicted octanol–water partition coefficient (Wildman–Crippen LogP) is 2.72. The highest BCUT2D eigenvalue weighted by Gasteiger charge is 2.35. The van der Waals surface area contributed by atoms with Gasteiger partial charge in [0.1, 0.15) is 5.60 Å². The van der Waals surface area contributed by atoms with Crippen molar-refractivity contribution in [2.24, 2.45) is 5.41 Å². The Balaban J connectivity index is 1.80. The Hall–Kier alpha value is -3.72. The summed E-state index contributed by atoms with van der Waals surface area (Å²) in [5, 5.41) is 12.5. The van der Waals surface area contributed by atoms with Gasteiger partial charge in [-0.15, -0.1) is 10.1 Å².